The van der Waals surface area contributed by atoms with Crippen LogP contribution in [0, 0.1) is 0 Å². The van der Waals surface area contributed by atoms with E-state index in [1.807, 2.05) is 36.4 Å². The van der Waals surface area contributed by atoms with Crippen molar-refractivity contribution in [3.05, 3.63) is 60.7 Å². The molecule has 1 aromatic heterocycles. The molecule has 2 heterocycles. The average Bonchev–Trinajstić information content (AvgIpc) is 3.32. The number of hydrogen-bond acceptors (Lipinski definition) is 6. The summed E-state index contributed by atoms with van der Waals surface area (Å²) >= 11 is 1.69. The van der Waals surface area contributed by atoms with Gasteiger partial charge in [-0.15, -0.1) is 10.2 Å². The first-order valence-electron chi connectivity index (χ1n) is 12.1. The fourth-order valence-corrected chi connectivity index (χ4v) is 4.89. The molecule has 1 saturated heterocycles. The Hall–Kier alpha value is -2.68. The number of amides is 1. The number of hydrogen-bond donors (Lipinski definition) is 1. The highest BCUT2D eigenvalue weighted by atomic mass is 32.2. The van der Waals surface area contributed by atoms with Crippen molar-refractivity contribution in [1.82, 2.24) is 25.0 Å². The van der Waals surface area contributed by atoms with Crippen LogP contribution in [0.1, 0.15) is 25.7 Å². The van der Waals surface area contributed by atoms with Gasteiger partial charge in [0.15, 0.2) is 11.0 Å². The molecule has 3 aromatic rings. The maximum atomic E-state index is 12.1. The van der Waals surface area contributed by atoms with Gasteiger partial charge in [-0.25, -0.2) is 0 Å². The summed E-state index contributed by atoms with van der Waals surface area (Å²) in [5.41, 5.74) is 2.08. The fraction of sp³-hybridized carbons (Fsp3) is 0.423. The van der Waals surface area contributed by atoms with Crippen molar-refractivity contribution in [2.24, 2.45) is 0 Å². The van der Waals surface area contributed by atoms with Crippen LogP contribution < -0.4 is 5.32 Å². The Morgan fingerprint density at radius 3 is 2.44 bits per heavy atom. The third kappa shape index (κ3) is 7.16. The second kappa shape index (κ2) is 13.3. The van der Waals surface area contributed by atoms with Gasteiger partial charge in [0.25, 0.3) is 0 Å². The molecule has 1 aliphatic heterocycles. The summed E-state index contributed by atoms with van der Waals surface area (Å²) in [6, 6.07) is 20.3. The zero-order valence-corrected chi connectivity index (χ0v) is 20.4. The standard InChI is InChI=1S/C26H33N5O2S/c32-24(27-15-9-16-30-17-19-33-20-18-30)14-7-8-21-34-26-29-28-25(22-10-3-1-4-11-22)31(26)23-12-5-2-6-13-23/h1-6,10-13H,7-9,14-21H2,(H,27,32). The third-order valence-electron chi connectivity index (χ3n) is 5.79. The quantitative estimate of drug-likeness (QED) is 0.312. The van der Waals surface area contributed by atoms with Gasteiger partial charge in [-0.05, 0) is 37.9 Å². The highest BCUT2D eigenvalue weighted by Gasteiger charge is 2.16. The molecule has 0 unspecified atom stereocenters. The molecule has 0 spiro atoms. The number of rotatable bonds is 12. The Morgan fingerprint density at radius 1 is 0.941 bits per heavy atom. The molecule has 0 radical (unpaired) electrons. The van der Waals surface area contributed by atoms with Crippen LogP contribution in [-0.4, -0.2) is 70.7 Å². The molecule has 34 heavy (non-hydrogen) atoms. The lowest BCUT2D eigenvalue weighted by Gasteiger charge is -2.26. The number of aromatic nitrogens is 3. The summed E-state index contributed by atoms with van der Waals surface area (Å²) in [6.07, 6.45) is 3.38. The van der Waals surface area contributed by atoms with E-state index < -0.39 is 0 Å². The van der Waals surface area contributed by atoms with Crippen LogP contribution >= 0.6 is 11.8 Å². The highest BCUT2D eigenvalue weighted by molar-refractivity contribution is 7.99. The van der Waals surface area contributed by atoms with Gasteiger partial charge >= 0.3 is 0 Å². The van der Waals surface area contributed by atoms with Crippen molar-refractivity contribution in [3.8, 4) is 17.1 Å². The number of thioether (sulfide) groups is 1. The fourth-order valence-electron chi connectivity index (χ4n) is 3.94. The Morgan fingerprint density at radius 2 is 1.68 bits per heavy atom. The van der Waals surface area contributed by atoms with Gasteiger partial charge in [0.05, 0.1) is 13.2 Å². The van der Waals surface area contributed by atoms with Crippen molar-refractivity contribution in [2.75, 3.05) is 45.1 Å². The number of nitrogens with one attached hydrogen (secondary N) is 1. The molecule has 0 saturated carbocycles. The molecule has 180 valence electrons. The normalized spacial score (nSPS) is 14.2. The Kier molecular flexibility index (Phi) is 9.54. The predicted octanol–water partition coefficient (Wildman–Crippen LogP) is 4.04. The molecule has 0 bridgehead atoms. The number of carbonyl (C=O) groups excluding carboxylic acids is 1. The Bertz CT molecular complexity index is 1010. The molecule has 4 rings (SSSR count). The van der Waals surface area contributed by atoms with E-state index in [4.69, 9.17) is 4.74 Å². The van der Waals surface area contributed by atoms with Crippen molar-refractivity contribution in [1.29, 1.82) is 0 Å². The van der Waals surface area contributed by atoms with Crippen LogP contribution in [0.4, 0.5) is 0 Å². The van der Waals surface area contributed by atoms with Crippen LogP contribution in [0.5, 0.6) is 0 Å². The van der Waals surface area contributed by atoms with Gasteiger partial charge < -0.3 is 10.1 Å². The number of ether oxygens (including phenoxy) is 1. The lowest BCUT2D eigenvalue weighted by Crippen LogP contribution is -2.38. The number of para-hydroxylation sites is 1. The predicted molar refractivity (Wildman–Crippen MR) is 136 cm³/mol. The van der Waals surface area contributed by atoms with E-state index in [-0.39, 0.29) is 5.91 Å². The van der Waals surface area contributed by atoms with Gasteiger partial charge in [-0.3, -0.25) is 14.3 Å². The average molecular weight is 480 g/mol. The van der Waals surface area contributed by atoms with Crippen molar-refractivity contribution in [3.63, 3.8) is 0 Å². The van der Waals surface area contributed by atoms with Gasteiger partial charge in [0.1, 0.15) is 0 Å². The highest BCUT2D eigenvalue weighted by Crippen LogP contribution is 2.28. The Labute approximate surface area is 205 Å². The largest absolute Gasteiger partial charge is 0.379 e. The van der Waals surface area contributed by atoms with Crippen LogP contribution in [-0.2, 0) is 9.53 Å². The third-order valence-corrected chi connectivity index (χ3v) is 6.80. The minimum atomic E-state index is 0.144. The van der Waals surface area contributed by atoms with Crippen molar-refractivity contribution < 1.29 is 9.53 Å². The van der Waals surface area contributed by atoms with Crippen LogP contribution in [0.25, 0.3) is 17.1 Å². The zero-order chi connectivity index (χ0) is 23.4. The second-order valence-corrected chi connectivity index (χ2v) is 9.37. The van der Waals surface area contributed by atoms with Crippen molar-refractivity contribution >= 4 is 17.7 Å². The number of morpholine rings is 1. The van der Waals surface area contributed by atoms with Gasteiger partial charge in [-0.1, -0.05) is 60.3 Å². The molecule has 1 fully saturated rings. The molecule has 1 amide bonds. The van der Waals surface area contributed by atoms with Crippen LogP contribution in [0.15, 0.2) is 65.8 Å². The first-order valence-corrected chi connectivity index (χ1v) is 13.1. The molecule has 0 aliphatic carbocycles. The number of unbranched alkanes of at least 4 members (excludes halogenated alkanes) is 1. The van der Waals surface area contributed by atoms with Crippen LogP contribution in [0.2, 0.25) is 0 Å². The number of nitrogens with zero attached hydrogens (tertiary/aromatic N) is 4. The number of carbonyl (C=O) groups is 1. The number of benzene rings is 2. The summed E-state index contributed by atoms with van der Waals surface area (Å²) in [5, 5.41) is 12.9. The molecule has 2 aromatic carbocycles. The van der Waals surface area contributed by atoms with E-state index >= 15 is 0 Å². The van der Waals surface area contributed by atoms with Gasteiger partial charge in [-0.2, -0.15) is 0 Å². The topological polar surface area (TPSA) is 72.3 Å². The summed E-state index contributed by atoms with van der Waals surface area (Å²) in [4.78, 5) is 14.5. The Balaban J connectivity index is 1.21. The SMILES string of the molecule is O=C(CCCCSc1nnc(-c2ccccc2)n1-c1ccccc1)NCCCN1CCOCC1. The van der Waals surface area contributed by atoms with Gasteiger partial charge in [0, 0.05) is 43.1 Å². The second-order valence-electron chi connectivity index (χ2n) is 8.31. The zero-order valence-electron chi connectivity index (χ0n) is 19.6. The molecular formula is C26H33N5O2S. The smallest absolute Gasteiger partial charge is 0.219 e. The first-order chi connectivity index (χ1) is 16.8. The molecule has 8 heteroatoms. The van der Waals surface area contributed by atoms with E-state index in [0.717, 1.165) is 86.6 Å². The lowest BCUT2D eigenvalue weighted by atomic mass is 10.2. The summed E-state index contributed by atoms with van der Waals surface area (Å²) < 4.78 is 7.48. The maximum Gasteiger partial charge on any atom is 0.219 e. The van der Waals surface area contributed by atoms with Gasteiger partial charge in [0.2, 0.25) is 5.91 Å². The van der Waals surface area contributed by atoms with E-state index in [1.165, 1.54) is 0 Å². The lowest BCUT2D eigenvalue weighted by molar-refractivity contribution is -0.121. The summed E-state index contributed by atoms with van der Waals surface area (Å²) in [6.45, 7) is 5.40. The van der Waals surface area contributed by atoms with E-state index in [2.05, 4.69) is 49.2 Å². The van der Waals surface area contributed by atoms with E-state index in [0.29, 0.717) is 6.42 Å². The van der Waals surface area contributed by atoms with E-state index in [1.54, 1.807) is 11.8 Å². The molecule has 0 atom stereocenters. The summed E-state index contributed by atoms with van der Waals surface area (Å²) in [5.74, 6) is 1.88. The molecule has 1 aliphatic rings. The molecular weight excluding hydrogens is 446 g/mol. The molecule has 7 nitrogen and oxygen atoms in total. The first kappa shape index (κ1) is 24.4. The van der Waals surface area contributed by atoms with E-state index in [9.17, 15) is 4.79 Å². The monoisotopic (exact) mass is 479 g/mol. The minimum Gasteiger partial charge on any atom is -0.379 e. The van der Waals surface area contributed by atoms with Crippen molar-refractivity contribution in [2.45, 2.75) is 30.8 Å². The minimum absolute atomic E-state index is 0.144. The summed E-state index contributed by atoms with van der Waals surface area (Å²) in [7, 11) is 0. The molecule has 1 N–H and O–H groups in total. The van der Waals surface area contributed by atoms with Crippen LogP contribution in [0.3, 0.4) is 0 Å². The maximum absolute atomic E-state index is 12.1.